The topological polar surface area (TPSA) is 172 Å². The van der Waals surface area contributed by atoms with E-state index in [1.165, 1.54) is 12.5 Å². The molecule has 6 bridgehead atoms. The zero-order valence-electron chi connectivity index (χ0n) is 35.8. The summed E-state index contributed by atoms with van der Waals surface area (Å²) in [7, 11) is -4.33. The second-order valence-electron chi connectivity index (χ2n) is 17.5. The summed E-state index contributed by atoms with van der Waals surface area (Å²) in [6, 6.07) is 15.6. The zero-order valence-corrected chi connectivity index (χ0v) is 36.8. The molecule has 0 spiro atoms. The van der Waals surface area contributed by atoms with E-state index in [-0.39, 0.29) is 11.8 Å². The Hall–Kier alpha value is -6.82. The van der Waals surface area contributed by atoms with Gasteiger partial charge in [0, 0.05) is 59.9 Å². The number of aromatic nitrogens is 6. The number of ether oxygens (including phenoxy) is 2. The van der Waals surface area contributed by atoms with Crippen LogP contribution in [0.2, 0.25) is 0 Å². The summed E-state index contributed by atoms with van der Waals surface area (Å²) in [5.74, 6) is 4.11. The molecule has 65 heavy (non-hydrogen) atoms. The van der Waals surface area contributed by atoms with Crippen LogP contribution in [0.25, 0.3) is 21.8 Å². The molecule has 2 saturated carbocycles. The Labute approximate surface area is 375 Å². The van der Waals surface area contributed by atoms with Crippen molar-refractivity contribution in [2.75, 3.05) is 26.4 Å². The first-order valence-electron chi connectivity index (χ1n) is 22.5. The molecule has 0 radical (unpaired) electrons. The average molecular weight is 883 g/mol. The molecule has 6 aromatic rings. The van der Waals surface area contributed by atoms with E-state index in [1.54, 1.807) is 24.8 Å². The SMILES string of the molecule is C=COCC1CCC(CO[Si]2(OCC3CCC(COC=C)CC3)n3c4c5cccnc5c3/N=C3N=C(/N=c5/c6cccnc6/c(n52)=N/C2=NC(=N\4)/c4ncccc42)c2ncccc2\3)CC1. The highest BCUT2D eigenvalue weighted by Gasteiger charge is 2.54. The van der Waals surface area contributed by atoms with Crippen LogP contribution in [0.5, 0.6) is 0 Å². The maximum Gasteiger partial charge on any atom is 0.603 e. The molecule has 2 fully saturated rings. The Bertz CT molecular complexity index is 2970. The standard InChI is InChI=1S/C48H46N12O4Si/c1-3-61-25-29-13-17-31(18-14-29)27-63-65(64-28-32-19-15-30(16-20-32)26-62-4-2)59-46-35-11-7-23-51-39(35)47(59)55-41-33-9-5-21-49-37(33)43(53-41)57-45-36-12-8-24-52-40(36)48(60(45)65)56-42-34-10-6-22-50-38(34)44(54-42)58-46/h3-12,21-24,29-32H,1-2,13-20,25-28H2/b55-41-,55-47?,56-42?,56-48-,57-43?,57-45-,58-44-,58-46?. The van der Waals surface area contributed by atoms with E-state index >= 15 is 0 Å². The largest absolute Gasteiger partial charge is 0.603 e. The minimum atomic E-state index is -4.33. The molecule has 2 aliphatic carbocycles. The van der Waals surface area contributed by atoms with Crippen LogP contribution in [-0.2, 0) is 18.3 Å². The molecule has 6 aromatic heterocycles. The summed E-state index contributed by atoms with van der Waals surface area (Å²) < 4.78 is 31.2. The summed E-state index contributed by atoms with van der Waals surface area (Å²) in [6.45, 7) is 9.66. The van der Waals surface area contributed by atoms with Gasteiger partial charge in [-0.15, -0.1) is 0 Å². The van der Waals surface area contributed by atoms with Gasteiger partial charge in [-0.1, -0.05) is 13.2 Å². The number of hydrogen-bond donors (Lipinski definition) is 0. The number of amidine groups is 4. The van der Waals surface area contributed by atoms with Crippen LogP contribution in [0.1, 0.15) is 73.9 Å². The Morgan fingerprint density at radius 2 is 0.969 bits per heavy atom. The van der Waals surface area contributed by atoms with Crippen molar-refractivity contribution in [3.63, 3.8) is 0 Å². The highest BCUT2D eigenvalue weighted by atomic mass is 28.4. The van der Waals surface area contributed by atoms with Gasteiger partial charge in [0.15, 0.2) is 34.6 Å². The molecular formula is C48H46N12O4Si. The Morgan fingerprint density at radius 1 is 0.492 bits per heavy atom. The van der Waals surface area contributed by atoms with Gasteiger partial charge in [-0.2, -0.15) is 0 Å². The molecule has 12 rings (SSSR count). The van der Waals surface area contributed by atoms with Crippen LogP contribution in [-0.4, -0.2) is 87.1 Å². The van der Waals surface area contributed by atoms with Crippen LogP contribution in [0.4, 0.5) is 11.6 Å². The zero-order chi connectivity index (χ0) is 43.5. The van der Waals surface area contributed by atoms with Gasteiger partial charge in [0.2, 0.25) is 0 Å². The fourth-order valence-corrected chi connectivity index (χ4v) is 13.6. The maximum absolute atomic E-state index is 7.86. The Kier molecular flexibility index (Phi) is 9.97. The molecule has 0 saturated heterocycles. The predicted octanol–water partition coefficient (Wildman–Crippen LogP) is 6.92. The maximum atomic E-state index is 7.86. The second-order valence-corrected chi connectivity index (χ2v) is 20.0. The molecular weight excluding hydrogens is 837 g/mol. The minimum absolute atomic E-state index is 0.228. The molecule has 16 nitrogen and oxygen atoms in total. The van der Waals surface area contributed by atoms with Crippen molar-refractivity contribution in [3.05, 3.63) is 132 Å². The normalized spacial score (nSPS) is 26.4. The monoisotopic (exact) mass is 882 g/mol. The summed E-state index contributed by atoms with van der Waals surface area (Å²) in [6.07, 6.45) is 18.1. The van der Waals surface area contributed by atoms with Gasteiger partial charge in [-0.25, -0.2) is 30.0 Å². The van der Waals surface area contributed by atoms with Crippen molar-refractivity contribution in [2.24, 2.45) is 53.6 Å². The van der Waals surface area contributed by atoms with Gasteiger partial charge < -0.3 is 18.3 Å². The average Bonchev–Trinajstić information content (AvgIpc) is 4.07. The lowest BCUT2D eigenvalue weighted by Gasteiger charge is -2.37. The van der Waals surface area contributed by atoms with Gasteiger partial charge >= 0.3 is 8.88 Å². The molecule has 0 aromatic carbocycles. The van der Waals surface area contributed by atoms with Crippen LogP contribution >= 0.6 is 0 Å². The molecule has 0 amide bonds. The summed E-state index contributed by atoms with van der Waals surface area (Å²) in [5, 5.41) is 1.49. The van der Waals surface area contributed by atoms with Crippen LogP contribution in [0.15, 0.2) is 129 Å². The third-order valence-electron chi connectivity index (χ3n) is 13.6. The Balaban J connectivity index is 1.17. The van der Waals surface area contributed by atoms with E-state index in [4.69, 9.17) is 68.2 Å². The Morgan fingerprint density at radius 3 is 1.58 bits per heavy atom. The minimum Gasteiger partial charge on any atom is -0.502 e. The predicted molar refractivity (Wildman–Crippen MR) is 247 cm³/mol. The highest BCUT2D eigenvalue weighted by molar-refractivity contribution is 6.66. The summed E-state index contributed by atoms with van der Waals surface area (Å²) in [4.78, 5) is 51.9. The second kappa shape index (κ2) is 16.3. The molecule has 6 aliphatic rings. The van der Waals surface area contributed by atoms with Gasteiger partial charge in [-0.05, 0) is 124 Å². The van der Waals surface area contributed by atoms with Gasteiger partial charge in [0.1, 0.15) is 33.7 Å². The quantitative estimate of drug-likeness (QED) is 0.0942. The van der Waals surface area contributed by atoms with E-state index in [0.717, 1.165) is 73.3 Å². The van der Waals surface area contributed by atoms with Crippen molar-refractivity contribution in [3.8, 4) is 0 Å². The molecule has 0 N–H and O–H groups in total. The first kappa shape index (κ1) is 39.7. The van der Waals surface area contributed by atoms with Gasteiger partial charge in [0.25, 0.3) is 0 Å². The van der Waals surface area contributed by atoms with Crippen molar-refractivity contribution in [2.45, 2.75) is 51.4 Å². The third kappa shape index (κ3) is 6.70. The van der Waals surface area contributed by atoms with E-state index in [2.05, 4.69) is 21.6 Å². The summed E-state index contributed by atoms with van der Waals surface area (Å²) in [5.41, 5.74) is 4.97. The van der Waals surface area contributed by atoms with Crippen molar-refractivity contribution in [1.82, 2.24) is 28.4 Å². The van der Waals surface area contributed by atoms with Crippen LogP contribution in [0.3, 0.4) is 0 Å². The van der Waals surface area contributed by atoms with Gasteiger partial charge in [0.05, 0.1) is 25.7 Å². The smallest absolute Gasteiger partial charge is 0.502 e. The molecule has 326 valence electrons. The molecule has 4 aliphatic heterocycles. The number of pyridine rings is 4. The van der Waals surface area contributed by atoms with E-state index < -0.39 is 8.88 Å². The molecule has 17 heteroatoms. The van der Waals surface area contributed by atoms with Crippen LogP contribution < -0.4 is 11.0 Å². The number of fused-ring (bicyclic) bond motifs is 14. The number of aliphatic imine (C=N–C) groups is 4. The number of hydrogen-bond acceptors (Lipinski definition) is 14. The van der Waals surface area contributed by atoms with Crippen molar-refractivity contribution < 1.29 is 18.3 Å². The molecule has 10 heterocycles. The van der Waals surface area contributed by atoms with Crippen molar-refractivity contribution in [1.29, 1.82) is 0 Å². The van der Waals surface area contributed by atoms with Gasteiger partial charge in [-0.3, -0.25) is 28.4 Å². The van der Waals surface area contributed by atoms with Crippen LogP contribution in [0, 0.1) is 23.7 Å². The van der Waals surface area contributed by atoms with Crippen molar-refractivity contribution >= 4 is 65.7 Å². The van der Waals surface area contributed by atoms with E-state index in [1.807, 2.05) is 48.5 Å². The molecule has 0 atom stereocenters. The lowest BCUT2D eigenvalue weighted by atomic mass is 9.83. The third-order valence-corrected chi connectivity index (χ3v) is 16.6. The van der Waals surface area contributed by atoms with E-state index in [9.17, 15) is 0 Å². The fourth-order valence-electron chi connectivity index (χ4n) is 10.2. The fraction of sp³-hybridized carbons (Fsp3) is 0.333. The molecule has 0 unspecified atom stereocenters. The first-order valence-corrected chi connectivity index (χ1v) is 24.2. The number of rotatable bonds is 12. The lowest BCUT2D eigenvalue weighted by molar-refractivity contribution is 0.0732. The van der Waals surface area contributed by atoms with E-state index in [0.29, 0.717) is 107 Å². The lowest BCUT2D eigenvalue weighted by Crippen LogP contribution is -2.64. The number of nitrogens with zero attached hydrogens (tertiary/aromatic N) is 12. The first-order chi connectivity index (χ1) is 32.1. The summed E-state index contributed by atoms with van der Waals surface area (Å²) >= 11 is 0. The highest BCUT2D eigenvalue weighted by Crippen LogP contribution is 2.43.